The van der Waals surface area contributed by atoms with Crippen molar-refractivity contribution in [2.75, 3.05) is 6.61 Å². The second-order valence-corrected chi connectivity index (χ2v) is 4.15. The van der Waals surface area contributed by atoms with E-state index in [-0.39, 0.29) is 6.10 Å². The van der Waals surface area contributed by atoms with Gasteiger partial charge in [-0.25, -0.2) is 0 Å². The van der Waals surface area contributed by atoms with Crippen LogP contribution in [0.4, 0.5) is 0 Å². The monoisotopic (exact) mass is 234 g/mol. The van der Waals surface area contributed by atoms with E-state index in [1.54, 1.807) is 6.26 Å². The SMILES string of the molecule is CCOC1CC(C)OC=C(CC)C1(C#N)C#N. The van der Waals surface area contributed by atoms with Gasteiger partial charge in [0, 0.05) is 18.6 Å². The Labute approximate surface area is 102 Å². The third kappa shape index (κ3) is 2.43. The lowest BCUT2D eigenvalue weighted by Crippen LogP contribution is -2.37. The molecule has 0 saturated carbocycles. The minimum atomic E-state index is -1.21. The fourth-order valence-electron chi connectivity index (χ4n) is 2.10. The lowest BCUT2D eigenvalue weighted by atomic mass is 9.75. The molecule has 0 bridgehead atoms. The summed E-state index contributed by atoms with van der Waals surface area (Å²) in [5.41, 5.74) is -0.513. The maximum absolute atomic E-state index is 9.40. The second-order valence-electron chi connectivity index (χ2n) is 4.15. The van der Waals surface area contributed by atoms with Gasteiger partial charge in [0.25, 0.3) is 0 Å². The standard InChI is InChI=1S/C13H18N2O2/c1-4-11-7-17-10(3)6-12(16-5-2)13(11,8-14)9-15/h7,10,12H,4-6H2,1-3H3. The van der Waals surface area contributed by atoms with Gasteiger partial charge in [-0.15, -0.1) is 0 Å². The number of hydrogen-bond donors (Lipinski definition) is 0. The molecule has 1 rings (SSSR count). The molecule has 4 heteroatoms. The summed E-state index contributed by atoms with van der Waals surface area (Å²) in [4.78, 5) is 0. The molecule has 0 radical (unpaired) electrons. The van der Waals surface area contributed by atoms with Crippen molar-refractivity contribution in [1.82, 2.24) is 0 Å². The van der Waals surface area contributed by atoms with Crippen LogP contribution in [-0.4, -0.2) is 18.8 Å². The molecule has 0 N–H and O–H groups in total. The van der Waals surface area contributed by atoms with E-state index in [9.17, 15) is 10.5 Å². The van der Waals surface area contributed by atoms with Crippen molar-refractivity contribution in [3.05, 3.63) is 11.8 Å². The number of rotatable bonds is 3. The molecule has 0 aromatic heterocycles. The summed E-state index contributed by atoms with van der Waals surface area (Å²) in [5.74, 6) is 0. The zero-order valence-corrected chi connectivity index (χ0v) is 10.6. The van der Waals surface area contributed by atoms with Gasteiger partial charge < -0.3 is 9.47 Å². The van der Waals surface area contributed by atoms with Crippen LogP contribution in [0.1, 0.15) is 33.6 Å². The quantitative estimate of drug-likeness (QED) is 0.752. The van der Waals surface area contributed by atoms with E-state index in [4.69, 9.17) is 9.47 Å². The van der Waals surface area contributed by atoms with Crippen molar-refractivity contribution in [3.63, 3.8) is 0 Å². The highest BCUT2D eigenvalue weighted by atomic mass is 16.5. The van der Waals surface area contributed by atoms with Crippen molar-refractivity contribution in [3.8, 4) is 12.1 Å². The van der Waals surface area contributed by atoms with Gasteiger partial charge in [0.05, 0.1) is 30.6 Å². The predicted octanol–water partition coefficient (Wildman–Crippen LogP) is 2.53. The zero-order valence-electron chi connectivity index (χ0n) is 10.6. The largest absolute Gasteiger partial charge is 0.498 e. The fraction of sp³-hybridized carbons (Fsp3) is 0.692. The van der Waals surface area contributed by atoms with Crippen LogP contribution in [0.15, 0.2) is 11.8 Å². The van der Waals surface area contributed by atoms with Crippen molar-refractivity contribution in [2.45, 2.75) is 45.8 Å². The molecule has 0 amide bonds. The third-order valence-electron chi connectivity index (χ3n) is 3.08. The minimum Gasteiger partial charge on any atom is -0.498 e. The van der Waals surface area contributed by atoms with Gasteiger partial charge in [0.1, 0.15) is 0 Å². The van der Waals surface area contributed by atoms with E-state index in [2.05, 4.69) is 12.1 Å². The van der Waals surface area contributed by atoms with Gasteiger partial charge in [-0.2, -0.15) is 10.5 Å². The lowest BCUT2D eigenvalue weighted by Gasteiger charge is -2.28. The average Bonchev–Trinajstić information content (AvgIpc) is 2.47. The molecule has 1 aliphatic rings. The Morgan fingerprint density at radius 3 is 2.59 bits per heavy atom. The summed E-state index contributed by atoms with van der Waals surface area (Å²) >= 11 is 0. The first-order chi connectivity index (χ1) is 8.14. The molecule has 17 heavy (non-hydrogen) atoms. The van der Waals surface area contributed by atoms with E-state index in [0.29, 0.717) is 25.0 Å². The minimum absolute atomic E-state index is 0.0447. The number of hydrogen-bond acceptors (Lipinski definition) is 4. The van der Waals surface area contributed by atoms with Crippen LogP contribution in [0, 0.1) is 28.1 Å². The first-order valence-corrected chi connectivity index (χ1v) is 5.93. The molecule has 2 unspecified atom stereocenters. The third-order valence-corrected chi connectivity index (χ3v) is 3.08. The summed E-state index contributed by atoms with van der Waals surface area (Å²) in [5, 5.41) is 18.8. The normalized spacial score (nSPS) is 27.0. The van der Waals surface area contributed by atoms with Gasteiger partial charge in [-0.05, 0) is 20.3 Å². The fourth-order valence-corrected chi connectivity index (χ4v) is 2.10. The molecule has 0 aromatic carbocycles. The molecule has 0 aliphatic carbocycles. The van der Waals surface area contributed by atoms with Crippen molar-refractivity contribution in [2.24, 2.45) is 5.41 Å². The lowest BCUT2D eigenvalue weighted by molar-refractivity contribution is -0.000999. The molecule has 0 aromatic rings. The van der Waals surface area contributed by atoms with Crippen molar-refractivity contribution >= 4 is 0 Å². The molecule has 4 nitrogen and oxygen atoms in total. The molecular weight excluding hydrogens is 216 g/mol. The van der Waals surface area contributed by atoms with E-state index in [1.807, 2.05) is 20.8 Å². The van der Waals surface area contributed by atoms with Crippen LogP contribution < -0.4 is 0 Å². The maximum Gasteiger partial charge on any atom is 0.193 e. The Morgan fingerprint density at radius 1 is 1.47 bits per heavy atom. The van der Waals surface area contributed by atoms with Crippen LogP contribution in [0.2, 0.25) is 0 Å². The molecule has 0 spiro atoms. The summed E-state index contributed by atoms with van der Waals surface area (Å²) in [6.45, 7) is 6.18. The van der Waals surface area contributed by atoms with Crippen LogP contribution >= 0.6 is 0 Å². The Morgan fingerprint density at radius 2 is 2.12 bits per heavy atom. The highest BCUT2D eigenvalue weighted by Gasteiger charge is 2.46. The summed E-state index contributed by atoms with van der Waals surface area (Å²) in [7, 11) is 0. The molecule has 0 fully saturated rings. The van der Waals surface area contributed by atoms with Gasteiger partial charge in [-0.3, -0.25) is 0 Å². The number of ether oxygens (including phenoxy) is 2. The van der Waals surface area contributed by atoms with E-state index in [0.717, 1.165) is 0 Å². The first kappa shape index (κ1) is 13.5. The van der Waals surface area contributed by atoms with Crippen molar-refractivity contribution in [1.29, 1.82) is 10.5 Å². The average molecular weight is 234 g/mol. The smallest absolute Gasteiger partial charge is 0.193 e. The Bertz CT molecular complexity index is 362. The molecule has 92 valence electrons. The highest BCUT2D eigenvalue weighted by Crippen LogP contribution is 2.39. The molecule has 1 heterocycles. The summed E-state index contributed by atoms with van der Waals surface area (Å²) in [6.07, 6.45) is 2.26. The Kier molecular flexibility index (Phi) is 4.54. The zero-order chi connectivity index (χ0) is 12.9. The molecular formula is C13H18N2O2. The Hall–Kier alpha value is -1.52. The molecule has 1 aliphatic heterocycles. The van der Waals surface area contributed by atoms with E-state index < -0.39 is 11.5 Å². The second kappa shape index (κ2) is 5.70. The van der Waals surface area contributed by atoms with Crippen molar-refractivity contribution < 1.29 is 9.47 Å². The number of nitriles is 2. The van der Waals surface area contributed by atoms with Gasteiger partial charge in [-0.1, -0.05) is 6.92 Å². The van der Waals surface area contributed by atoms with Crippen LogP contribution in [0.3, 0.4) is 0 Å². The van der Waals surface area contributed by atoms with Crippen LogP contribution in [-0.2, 0) is 9.47 Å². The van der Waals surface area contributed by atoms with Gasteiger partial charge >= 0.3 is 0 Å². The predicted molar refractivity (Wildman–Crippen MR) is 62.6 cm³/mol. The van der Waals surface area contributed by atoms with E-state index in [1.165, 1.54) is 0 Å². The Balaban J connectivity index is 3.21. The molecule has 0 saturated heterocycles. The molecule has 2 atom stereocenters. The van der Waals surface area contributed by atoms with Gasteiger partial charge in [0.15, 0.2) is 5.41 Å². The van der Waals surface area contributed by atoms with E-state index >= 15 is 0 Å². The summed E-state index contributed by atoms with van der Waals surface area (Å²) in [6, 6.07) is 4.26. The topological polar surface area (TPSA) is 66.0 Å². The van der Waals surface area contributed by atoms with Gasteiger partial charge in [0.2, 0.25) is 0 Å². The van der Waals surface area contributed by atoms with Crippen LogP contribution in [0.5, 0.6) is 0 Å². The maximum atomic E-state index is 9.40. The first-order valence-electron chi connectivity index (χ1n) is 5.93. The summed E-state index contributed by atoms with van der Waals surface area (Å²) < 4.78 is 11.1. The highest BCUT2D eigenvalue weighted by molar-refractivity contribution is 5.35. The number of nitrogens with zero attached hydrogens (tertiary/aromatic N) is 2. The van der Waals surface area contributed by atoms with Crippen LogP contribution in [0.25, 0.3) is 0 Å².